The maximum atomic E-state index is 12.8. The lowest BCUT2D eigenvalue weighted by Gasteiger charge is -2.32. The molecule has 1 spiro atoms. The highest BCUT2D eigenvalue weighted by molar-refractivity contribution is 8.02. The number of carbonyl (C=O) groups is 3. The fourth-order valence-electron chi connectivity index (χ4n) is 3.24. The highest BCUT2D eigenvalue weighted by Gasteiger charge is 2.58. The highest BCUT2D eigenvalue weighted by Crippen LogP contribution is 2.53. The summed E-state index contributed by atoms with van der Waals surface area (Å²) < 4.78 is 4.69. The van der Waals surface area contributed by atoms with E-state index in [1.165, 1.54) is 23.8 Å². The summed E-state index contributed by atoms with van der Waals surface area (Å²) in [5, 5.41) is 2.86. The first-order valence-electron chi connectivity index (χ1n) is 7.64. The molecule has 0 saturated carbocycles. The van der Waals surface area contributed by atoms with E-state index in [1.54, 1.807) is 24.3 Å². The van der Waals surface area contributed by atoms with Crippen molar-refractivity contribution in [3.05, 3.63) is 59.7 Å². The van der Waals surface area contributed by atoms with Crippen LogP contribution in [0.2, 0.25) is 0 Å². The molecule has 2 aromatic carbocycles. The molecule has 25 heavy (non-hydrogen) atoms. The normalized spacial score (nSPS) is 21.4. The minimum absolute atomic E-state index is 0.150. The third-order valence-corrected chi connectivity index (χ3v) is 5.76. The van der Waals surface area contributed by atoms with Crippen molar-refractivity contribution in [3.63, 3.8) is 0 Å². The summed E-state index contributed by atoms with van der Waals surface area (Å²) in [5.74, 6) is -0.628. The van der Waals surface area contributed by atoms with Crippen LogP contribution in [-0.2, 0) is 19.2 Å². The van der Waals surface area contributed by atoms with Gasteiger partial charge in [-0.3, -0.25) is 14.5 Å². The summed E-state index contributed by atoms with van der Waals surface area (Å²) in [5.41, 5.74) is 2.43. The molecule has 0 aromatic heterocycles. The van der Waals surface area contributed by atoms with Gasteiger partial charge in [0, 0.05) is 16.9 Å². The monoisotopic (exact) mass is 354 g/mol. The Labute approximate surface area is 148 Å². The number of nitrogens with one attached hydrogen (secondary N) is 1. The van der Waals surface area contributed by atoms with Crippen LogP contribution in [0.3, 0.4) is 0 Å². The number of amides is 2. The van der Waals surface area contributed by atoms with Crippen molar-refractivity contribution in [2.45, 2.75) is 4.87 Å². The summed E-state index contributed by atoms with van der Waals surface area (Å²) in [6.07, 6.45) is 0. The minimum atomic E-state index is -1.11. The number of methoxy groups -OCH3 is 1. The molecule has 2 aliphatic rings. The molecule has 0 radical (unpaired) electrons. The number of ether oxygens (including phenoxy) is 1. The Hall–Kier alpha value is -2.80. The van der Waals surface area contributed by atoms with E-state index in [4.69, 9.17) is 4.74 Å². The Morgan fingerprint density at radius 2 is 1.88 bits per heavy atom. The third kappa shape index (κ3) is 2.16. The van der Waals surface area contributed by atoms with Gasteiger partial charge in [-0.1, -0.05) is 18.2 Å². The molecule has 1 atom stereocenters. The minimum Gasteiger partial charge on any atom is -0.465 e. The van der Waals surface area contributed by atoms with Crippen LogP contribution in [0.5, 0.6) is 0 Å². The van der Waals surface area contributed by atoms with Crippen LogP contribution in [0.1, 0.15) is 15.9 Å². The fourth-order valence-corrected chi connectivity index (χ4v) is 4.56. The van der Waals surface area contributed by atoms with Crippen LogP contribution in [0.15, 0.2) is 48.5 Å². The second-order valence-electron chi connectivity index (χ2n) is 5.70. The van der Waals surface area contributed by atoms with Crippen molar-refractivity contribution in [1.82, 2.24) is 0 Å². The molecule has 0 bridgehead atoms. The summed E-state index contributed by atoms with van der Waals surface area (Å²) in [6.45, 7) is 0. The molecule has 2 amide bonds. The molecule has 0 aliphatic carbocycles. The SMILES string of the molecule is COC(=O)c1ccc(N2C(=O)CS[C@]23C(=O)Nc2ccccc23)cc1. The first-order valence-corrected chi connectivity index (χ1v) is 8.63. The number of anilines is 2. The van der Waals surface area contributed by atoms with Crippen molar-refractivity contribution in [2.24, 2.45) is 0 Å². The molecule has 7 heteroatoms. The van der Waals surface area contributed by atoms with Crippen molar-refractivity contribution in [3.8, 4) is 0 Å². The maximum Gasteiger partial charge on any atom is 0.337 e. The van der Waals surface area contributed by atoms with Crippen molar-refractivity contribution >= 4 is 40.9 Å². The molecule has 2 heterocycles. The van der Waals surface area contributed by atoms with E-state index < -0.39 is 10.8 Å². The quantitative estimate of drug-likeness (QED) is 0.838. The predicted octanol–water partition coefficient (Wildman–Crippen LogP) is 2.36. The Morgan fingerprint density at radius 3 is 2.60 bits per heavy atom. The second-order valence-corrected chi connectivity index (χ2v) is 6.87. The van der Waals surface area contributed by atoms with Gasteiger partial charge in [0.05, 0.1) is 18.4 Å². The van der Waals surface area contributed by atoms with Gasteiger partial charge in [-0.2, -0.15) is 0 Å². The zero-order valence-corrected chi connectivity index (χ0v) is 14.1. The van der Waals surface area contributed by atoms with E-state index >= 15 is 0 Å². The zero-order chi connectivity index (χ0) is 17.6. The molecule has 1 N–H and O–H groups in total. The number of rotatable bonds is 2. The molecule has 1 saturated heterocycles. The van der Waals surface area contributed by atoms with E-state index in [9.17, 15) is 14.4 Å². The molecule has 1 fully saturated rings. The predicted molar refractivity (Wildman–Crippen MR) is 94.5 cm³/mol. The van der Waals surface area contributed by atoms with Gasteiger partial charge in [0.1, 0.15) is 0 Å². The number of thioether (sulfide) groups is 1. The second kappa shape index (κ2) is 5.63. The number of esters is 1. The van der Waals surface area contributed by atoms with E-state index in [2.05, 4.69) is 5.32 Å². The molecule has 2 aromatic rings. The molecular weight excluding hydrogens is 340 g/mol. The fraction of sp³-hybridized carbons (Fsp3) is 0.167. The van der Waals surface area contributed by atoms with E-state index in [1.807, 2.05) is 24.3 Å². The van der Waals surface area contributed by atoms with Crippen molar-refractivity contribution < 1.29 is 19.1 Å². The van der Waals surface area contributed by atoms with Gasteiger partial charge in [-0.05, 0) is 30.3 Å². The summed E-state index contributed by atoms with van der Waals surface area (Å²) in [6, 6.07) is 13.9. The number of hydrogen-bond acceptors (Lipinski definition) is 5. The van der Waals surface area contributed by atoms with Crippen molar-refractivity contribution in [2.75, 3.05) is 23.1 Å². The Morgan fingerprint density at radius 1 is 1.16 bits per heavy atom. The molecular formula is C18H14N2O4S. The molecule has 4 rings (SSSR count). The standard InChI is InChI=1S/C18H14N2O4S/c1-24-16(22)11-6-8-12(9-7-11)20-15(21)10-25-18(20)13-4-2-3-5-14(13)19-17(18)23/h2-9H,10H2,1H3,(H,19,23)/t18-/m1/s1. The van der Waals surface area contributed by atoms with Crippen LogP contribution in [0.4, 0.5) is 11.4 Å². The van der Waals surface area contributed by atoms with Crippen LogP contribution in [-0.4, -0.2) is 30.6 Å². The van der Waals surface area contributed by atoms with Gasteiger partial charge in [0.15, 0.2) is 0 Å². The summed E-state index contributed by atoms with van der Waals surface area (Å²) in [4.78, 5) is 37.4. The Bertz CT molecular complexity index is 896. The maximum absolute atomic E-state index is 12.8. The average Bonchev–Trinajstić information content (AvgIpc) is 3.13. The van der Waals surface area contributed by atoms with Gasteiger partial charge >= 0.3 is 5.97 Å². The van der Waals surface area contributed by atoms with Gasteiger partial charge < -0.3 is 10.1 Å². The Kier molecular flexibility index (Phi) is 3.54. The number of nitrogens with zero attached hydrogens (tertiary/aromatic N) is 1. The molecule has 126 valence electrons. The van der Waals surface area contributed by atoms with E-state index in [0.717, 1.165) is 5.56 Å². The zero-order valence-electron chi connectivity index (χ0n) is 13.3. The topological polar surface area (TPSA) is 75.7 Å². The number of carbonyl (C=O) groups excluding carboxylic acids is 3. The van der Waals surface area contributed by atoms with Gasteiger partial charge in [-0.25, -0.2) is 4.79 Å². The van der Waals surface area contributed by atoms with Crippen LogP contribution in [0, 0.1) is 0 Å². The first-order chi connectivity index (χ1) is 12.1. The highest BCUT2D eigenvalue weighted by atomic mass is 32.2. The largest absolute Gasteiger partial charge is 0.465 e. The molecule has 0 unspecified atom stereocenters. The van der Waals surface area contributed by atoms with Crippen molar-refractivity contribution in [1.29, 1.82) is 0 Å². The first kappa shape index (κ1) is 15.7. The Balaban J connectivity index is 1.82. The van der Waals surface area contributed by atoms with E-state index in [-0.39, 0.29) is 17.6 Å². The lowest BCUT2D eigenvalue weighted by atomic mass is 10.0. The molecule has 2 aliphatic heterocycles. The average molecular weight is 354 g/mol. The van der Waals surface area contributed by atoms with Crippen LogP contribution >= 0.6 is 11.8 Å². The number of benzene rings is 2. The van der Waals surface area contributed by atoms with E-state index in [0.29, 0.717) is 16.9 Å². The third-order valence-electron chi connectivity index (χ3n) is 4.36. The number of hydrogen-bond donors (Lipinski definition) is 1. The summed E-state index contributed by atoms with van der Waals surface area (Å²) in [7, 11) is 1.31. The van der Waals surface area contributed by atoms with Gasteiger partial charge in [0.2, 0.25) is 10.8 Å². The van der Waals surface area contributed by atoms with Gasteiger partial charge in [-0.15, -0.1) is 11.8 Å². The smallest absolute Gasteiger partial charge is 0.337 e. The lowest BCUT2D eigenvalue weighted by molar-refractivity contribution is -0.122. The van der Waals surface area contributed by atoms with Gasteiger partial charge in [0.25, 0.3) is 5.91 Å². The lowest BCUT2D eigenvalue weighted by Crippen LogP contribution is -2.47. The molecule has 6 nitrogen and oxygen atoms in total. The number of fused-ring (bicyclic) bond motifs is 2. The van der Waals surface area contributed by atoms with Crippen LogP contribution < -0.4 is 10.2 Å². The van der Waals surface area contributed by atoms with Crippen LogP contribution in [0.25, 0.3) is 0 Å². The summed E-state index contributed by atoms with van der Waals surface area (Å²) >= 11 is 1.30. The number of para-hydroxylation sites is 1.